The summed E-state index contributed by atoms with van der Waals surface area (Å²) in [5, 5.41) is 2.93. The quantitative estimate of drug-likeness (QED) is 0.476. The van der Waals surface area contributed by atoms with Crippen molar-refractivity contribution in [3.8, 4) is 11.3 Å². The van der Waals surface area contributed by atoms with E-state index in [9.17, 15) is 18.0 Å². The van der Waals surface area contributed by atoms with Gasteiger partial charge in [0.2, 0.25) is 5.78 Å². The average molecular weight is 468 g/mol. The van der Waals surface area contributed by atoms with E-state index >= 15 is 0 Å². The van der Waals surface area contributed by atoms with E-state index in [0.717, 1.165) is 11.1 Å². The maximum absolute atomic E-state index is 13.1. The molecule has 1 amide bonds. The molecule has 0 aliphatic carbocycles. The van der Waals surface area contributed by atoms with Crippen molar-refractivity contribution in [2.45, 2.75) is 45.5 Å². The molecule has 3 aromatic heterocycles. The molecule has 1 aromatic carbocycles. The first-order valence-corrected chi connectivity index (χ1v) is 11.2. The SMILES string of the molecule is CCc1nc2ncccn2c1C(=O)NCc1ccc(-c2cn3c(n2)C[C@@H](C(F)(F)F)CC3)cc1. The molecule has 1 atom stereocenters. The highest BCUT2D eigenvalue weighted by Gasteiger charge is 2.41. The first-order valence-electron chi connectivity index (χ1n) is 11.2. The van der Waals surface area contributed by atoms with Crippen LogP contribution in [0.15, 0.2) is 48.9 Å². The fourth-order valence-corrected chi connectivity index (χ4v) is 4.33. The van der Waals surface area contributed by atoms with Crippen LogP contribution in [0.5, 0.6) is 0 Å². The van der Waals surface area contributed by atoms with Gasteiger partial charge in [-0.25, -0.2) is 15.0 Å². The summed E-state index contributed by atoms with van der Waals surface area (Å²) in [7, 11) is 0. The second-order valence-electron chi connectivity index (χ2n) is 8.40. The number of fused-ring (bicyclic) bond motifs is 2. The van der Waals surface area contributed by atoms with Gasteiger partial charge in [-0.2, -0.15) is 13.2 Å². The van der Waals surface area contributed by atoms with Crippen LogP contribution < -0.4 is 5.32 Å². The second kappa shape index (κ2) is 8.58. The van der Waals surface area contributed by atoms with Crippen LogP contribution in [0.3, 0.4) is 0 Å². The Morgan fingerprint density at radius 2 is 2.00 bits per heavy atom. The molecule has 0 spiro atoms. The van der Waals surface area contributed by atoms with Crippen molar-refractivity contribution >= 4 is 11.7 Å². The first-order chi connectivity index (χ1) is 16.3. The number of benzene rings is 1. The van der Waals surface area contributed by atoms with E-state index in [4.69, 9.17) is 0 Å². The van der Waals surface area contributed by atoms with Crippen LogP contribution in [0.1, 0.15) is 40.9 Å². The highest BCUT2D eigenvalue weighted by Crippen LogP contribution is 2.35. The summed E-state index contributed by atoms with van der Waals surface area (Å²) in [5.74, 6) is -0.618. The second-order valence-corrected chi connectivity index (χ2v) is 8.40. The highest BCUT2D eigenvalue weighted by molar-refractivity contribution is 5.94. The van der Waals surface area contributed by atoms with Crippen LogP contribution in [0.25, 0.3) is 17.0 Å². The maximum atomic E-state index is 13.1. The number of nitrogens with one attached hydrogen (secondary N) is 1. The topological polar surface area (TPSA) is 77.1 Å². The number of hydrogen-bond donors (Lipinski definition) is 1. The summed E-state index contributed by atoms with van der Waals surface area (Å²) in [6.07, 6.45) is 1.61. The van der Waals surface area contributed by atoms with Crippen LogP contribution >= 0.6 is 0 Å². The molecule has 34 heavy (non-hydrogen) atoms. The van der Waals surface area contributed by atoms with Gasteiger partial charge < -0.3 is 9.88 Å². The van der Waals surface area contributed by atoms with E-state index < -0.39 is 12.1 Å². The Morgan fingerprint density at radius 1 is 1.21 bits per heavy atom. The Balaban J connectivity index is 1.27. The van der Waals surface area contributed by atoms with Gasteiger partial charge >= 0.3 is 6.18 Å². The molecule has 1 aliphatic rings. The van der Waals surface area contributed by atoms with Gasteiger partial charge in [0.25, 0.3) is 5.91 Å². The first kappa shape index (κ1) is 22.1. The van der Waals surface area contributed by atoms with E-state index in [-0.39, 0.29) is 18.7 Å². The molecule has 0 fully saturated rings. The summed E-state index contributed by atoms with van der Waals surface area (Å²) in [5.41, 5.74) is 3.52. The Kier molecular flexibility index (Phi) is 5.59. The molecule has 7 nitrogen and oxygen atoms in total. The molecule has 4 heterocycles. The smallest absolute Gasteiger partial charge is 0.347 e. The van der Waals surface area contributed by atoms with E-state index in [2.05, 4.69) is 20.3 Å². The van der Waals surface area contributed by atoms with Gasteiger partial charge in [-0.05, 0) is 24.5 Å². The van der Waals surface area contributed by atoms with Gasteiger partial charge in [0.15, 0.2) is 0 Å². The lowest BCUT2D eigenvalue weighted by Crippen LogP contribution is -2.31. The summed E-state index contributed by atoms with van der Waals surface area (Å²) < 4.78 is 42.7. The van der Waals surface area contributed by atoms with Gasteiger partial charge in [-0.15, -0.1) is 0 Å². The average Bonchev–Trinajstić information content (AvgIpc) is 3.43. The summed E-state index contributed by atoms with van der Waals surface area (Å²) in [6.45, 7) is 2.58. The minimum absolute atomic E-state index is 0.0766. The van der Waals surface area contributed by atoms with Crippen LogP contribution in [-0.2, 0) is 25.9 Å². The Hall–Kier alpha value is -3.69. The zero-order chi connectivity index (χ0) is 23.9. The number of amides is 1. The lowest BCUT2D eigenvalue weighted by atomic mass is 9.97. The number of carbonyl (C=O) groups excluding carboxylic acids is 1. The van der Waals surface area contributed by atoms with Crippen LogP contribution in [0, 0.1) is 5.92 Å². The minimum Gasteiger partial charge on any atom is -0.347 e. The maximum Gasteiger partial charge on any atom is 0.392 e. The summed E-state index contributed by atoms with van der Waals surface area (Å²) >= 11 is 0. The standard InChI is InChI=1S/C24H23F3N6O/c1-2-18-21(33-10-3-9-28-23(33)31-18)22(34)29-13-15-4-6-16(7-5-15)19-14-32-11-8-17(24(25,26)27)12-20(32)30-19/h3-7,9-10,14,17H,2,8,11-13H2,1H3,(H,29,34)/t17-/m0/s1. The molecule has 0 unspecified atom stereocenters. The number of imidazole rings is 2. The predicted octanol–water partition coefficient (Wildman–Crippen LogP) is 4.21. The van der Waals surface area contributed by atoms with Gasteiger partial charge in [0, 0.05) is 43.7 Å². The van der Waals surface area contributed by atoms with E-state index in [0.29, 0.717) is 48.2 Å². The Labute approximate surface area is 193 Å². The van der Waals surface area contributed by atoms with Crippen molar-refractivity contribution in [2.24, 2.45) is 5.92 Å². The fraction of sp³-hybridized carbons (Fsp3) is 0.333. The molecular formula is C24H23F3N6O. The molecule has 0 radical (unpaired) electrons. The highest BCUT2D eigenvalue weighted by atomic mass is 19.4. The number of aromatic nitrogens is 5. The minimum atomic E-state index is -4.19. The number of alkyl halides is 3. The van der Waals surface area contributed by atoms with Crippen molar-refractivity contribution in [1.29, 1.82) is 0 Å². The summed E-state index contributed by atoms with van der Waals surface area (Å²) in [4.78, 5) is 25.9. The van der Waals surface area contributed by atoms with Gasteiger partial charge in [0.1, 0.15) is 11.5 Å². The lowest BCUT2D eigenvalue weighted by Gasteiger charge is -2.25. The number of rotatable bonds is 5. The van der Waals surface area contributed by atoms with Gasteiger partial charge in [-0.3, -0.25) is 9.20 Å². The molecule has 4 aromatic rings. The Bertz CT molecular complexity index is 1340. The monoisotopic (exact) mass is 468 g/mol. The van der Waals surface area contributed by atoms with Crippen molar-refractivity contribution in [3.05, 3.63) is 71.7 Å². The molecular weight excluding hydrogens is 445 g/mol. The third-order valence-corrected chi connectivity index (χ3v) is 6.20. The zero-order valence-corrected chi connectivity index (χ0v) is 18.5. The zero-order valence-electron chi connectivity index (χ0n) is 18.5. The van der Waals surface area contributed by atoms with Crippen molar-refractivity contribution in [2.75, 3.05) is 0 Å². The largest absolute Gasteiger partial charge is 0.392 e. The number of aryl methyl sites for hydroxylation is 2. The normalized spacial score (nSPS) is 15.9. The van der Waals surface area contributed by atoms with E-state index in [1.807, 2.05) is 42.0 Å². The lowest BCUT2D eigenvalue weighted by molar-refractivity contribution is -0.179. The molecule has 10 heteroatoms. The van der Waals surface area contributed by atoms with Gasteiger partial charge in [-0.1, -0.05) is 31.2 Å². The molecule has 1 aliphatic heterocycles. The molecule has 0 saturated heterocycles. The fourth-order valence-electron chi connectivity index (χ4n) is 4.33. The summed E-state index contributed by atoms with van der Waals surface area (Å²) in [6, 6.07) is 9.24. The van der Waals surface area contributed by atoms with Gasteiger partial charge in [0.05, 0.1) is 17.3 Å². The number of hydrogen-bond acceptors (Lipinski definition) is 4. The Morgan fingerprint density at radius 3 is 2.74 bits per heavy atom. The molecule has 1 N–H and O–H groups in total. The third-order valence-electron chi connectivity index (χ3n) is 6.20. The molecule has 0 saturated carbocycles. The number of halogens is 3. The number of carbonyl (C=O) groups is 1. The van der Waals surface area contributed by atoms with Crippen LogP contribution in [0.2, 0.25) is 0 Å². The molecule has 0 bridgehead atoms. The predicted molar refractivity (Wildman–Crippen MR) is 119 cm³/mol. The van der Waals surface area contributed by atoms with Crippen molar-refractivity contribution < 1.29 is 18.0 Å². The van der Waals surface area contributed by atoms with Crippen molar-refractivity contribution in [1.82, 2.24) is 29.2 Å². The van der Waals surface area contributed by atoms with E-state index in [1.54, 1.807) is 22.9 Å². The van der Waals surface area contributed by atoms with Crippen molar-refractivity contribution in [3.63, 3.8) is 0 Å². The molecule has 5 rings (SSSR count). The molecule has 176 valence electrons. The van der Waals surface area contributed by atoms with E-state index in [1.165, 1.54) is 0 Å². The van der Waals surface area contributed by atoms with Crippen LogP contribution in [-0.4, -0.2) is 36.0 Å². The number of nitrogens with zero attached hydrogens (tertiary/aromatic N) is 5. The van der Waals surface area contributed by atoms with Crippen LogP contribution in [0.4, 0.5) is 13.2 Å². The third kappa shape index (κ3) is 4.15.